The Kier molecular flexibility index (Phi) is 3.86. The highest BCUT2D eigenvalue weighted by Crippen LogP contribution is 2.19. The van der Waals surface area contributed by atoms with Gasteiger partial charge in [-0.15, -0.1) is 0 Å². The van der Waals surface area contributed by atoms with Crippen LogP contribution < -0.4 is 17.0 Å². The number of aryl methyl sites for hydroxylation is 1. The minimum Gasteiger partial charge on any atom is -0.398 e. The van der Waals surface area contributed by atoms with Crippen molar-refractivity contribution in [3.05, 3.63) is 53.6 Å². The van der Waals surface area contributed by atoms with Crippen LogP contribution in [0.4, 0.5) is 5.69 Å². The van der Waals surface area contributed by atoms with Crippen LogP contribution in [0.25, 0.3) is 0 Å². The van der Waals surface area contributed by atoms with Gasteiger partial charge in [0.2, 0.25) is 0 Å². The summed E-state index contributed by atoms with van der Waals surface area (Å²) in [5.41, 5.74) is 12.2. The summed E-state index contributed by atoms with van der Waals surface area (Å²) in [5, 5.41) is 0. The molecule has 0 spiro atoms. The average molecular weight is 243 g/mol. The van der Waals surface area contributed by atoms with E-state index in [1.165, 1.54) is 0 Å². The van der Waals surface area contributed by atoms with Crippen molar-refractivity contribution < 1.29 is 0 Å². The molecular weight excluding hydrogens is 226 g/mol. The van der Waals surface area contributed by atoms with Gasteiger partial charge in [-0.25, -0.2) is 0 Å². The van der Waals surface area contributed by atoms with Crippen LogP contribution in [0.15, 0.2) is 36.7 Å². The van der Waals surface area contributed by atoms with Crippen LogP contribution in [0.3, 0.4) is 0 Å². The summed E-state index contributed by atoms with van der Waals surface area (Å²) in [4.78, 5) is 8.54. The molecule has 2 aromatic heterocycles. The van der Waals surface area contributed by atoms with Crippen molar-refractivity contribution in [1.82, 2.24) is 15.4 Å². The molecule has 0 radical (unpaired) electrons. The lowest BCUT2D eigenvalue weighted by Gasteiger charge is -2.16. The zero-order valence-electron chi connectivity index (χ0n) is 10.3. The Bertz CT molecular complexity index is 526. The summed E-state index contributed by atoms with van der Waals surface area (Å²) in [6, 6.07) is 7.58. The van der Waals surface area contributed by atoms with Crippen LogP contribution in [-0.4, -0.2) is 9.97 Å². The Labute approximate surface area is 106 Å². The molecule has 1 atom stereocenters. The molecule has 18 heavy (non-hydrogen) atoms. The zero-order chi connectivity index (χ0) is 13.0. The summed E-state index contributed by atoms with van der Waals surface area (Å²) in [6.07, 6.45) is 4.09. The van der Waals surface area contributed by atoms with E-state index in [-0.39, 0.29) is 6.04 Å². The van der Waals surface area contributed by atoms with Crippen molar-refractivity contribution in [2.45, 2.75) is 19.4 Å². The van der Waals surface area contributed by atoms with Gasteiger partial charge in [0.1, 0.15) is 0 Å². The number of aromatic nitrogens is 2. The Hall–Kier alpha value is -1.98. The first-order valence-corrected chi connectivity index (χ1v) is 5.78. The lowest BCUT2D eigenvalue weighted by Crippen LogP contribution is -2.30. The maximum absolute atomic E-state index is 5.90. The first-order valence-electron chi connectivity index (χ1n) is 5.78. The Balaban J connectivity index is 2.23. The van der Waals surface area contributed by atoms with Crippen molar-refractivity contribution in [1.29, 1.82) is 0 Å². The summed E-state index contributed by atoms with van der Waals surface area (Å²) < 4.78 is 0. The van der Waals surface area contributed by atoms with E-state index in [0.717, 1.165) is 22.6 Å². The Morgan fingerprint density at radius 2 is 2.17 bits per heavy atom. The van der Waals surface area contributed by atoms with Gasteiger partial charge in [-0.2, -0.15) is 0 Å². The second-order valence-corrected chi connectivity index (χ2v) is 4.20. The van der Waals surface area contributed by atoms with Crippen molar-refractivity contribution in [3.63, 3.8) is 0 Å². The molecule has 0 aliphatic rings. The monoisotopic (exact) mass is 243 g/mol. The molecule has 2 heterocycles. The third-order valence-electron chi connectivity index (χ3n) is 2.83. The normalized spacial score (nSPS) is 12.3. The quantitative estimate of drug-likeness (QED) is 0.553. The highest BCUT2D eigenvalue weighted by atomic mass is 15.2. The molecule has 0 saturated carbocycles. The first kappa shape index (κ1) is 12.5. The Morgan fingerprint density at radius 3 is 2.83 bits per heavy atom. The second-order valence-electron chi connectivity index (χ2n) is 4.20. The van der Waals surface area contributed by atoms with Gasteiger partial charge in [-0.1, -0.05) is 6.07 Å². The van der Waals surface area contributed by atoms with Crippen LogP contribution in [0, 0.1) is 6.92 Å². The van der Waals surface area contributed by atoms with E-state index in [0.29, 0.717) is 6.42 Å². The van der Waals surface area contributed by atoms with Gasteiger partial charge >= 0.3 is 0 Å². The molecule has 2 aromatic rings. The molecule has 5 nitrogen and oxygen atoms in total. The average Bonchev–Trinajstić information content (AvgIpc) is 2.38. The van der Waals surface area contributed by atoms with Crippen LogP contribution >= 0.6 is 0 Å². The number of hydrogen-bond acceptors (Lipinski definition) is 5. The predicted molar refractivity (Wildman–Crippen MR) is 71.4 cm³/mol. The molecular formula is C13H17N5. The molecule has 0 fully saturated rings. The van der Waals surface area contributed by atoms with E-state index in [9.17, 15) is 0 Å². The smallest absolute Gasteiger partial charge is 0.0673 e. The summed E-state index contributed by atoms with van der Waals surface area (Å²) in [6.45, 7) is 1.95. The van der Waals surface area contributed by atoms with Crippen molar-refractivity contribution >= 4 is 5.69 Å². The van der Waals surface area contributed by atoms with Gasteiger partial charge in [-0.3, -0.25) is 21.2 Å². The van der Waals surface area contributed by atoms with Crippen LogP contribution in [-0.2, 0) is 6.42 Å². The molecule has 1 unspecified atom stereocenters. The third kappa shape index (κ3) is 2.82. The third-order valence-corrected chi connectivity index (χ3v) is 2.83. The largest absolute Gasteiger partial charge is 0.398 e. The number of nitrogens with two attached hydrogens (primary N) is 2. The number of hydrogen-bond donors (Lipinski definition) is 3. The van der Waals surface area contributed by atoms with Crippen LogP contribution in [0.2, 0.25) is 0 Å². The van der Waals surface area contributed by atoms with Crippen LogP contribution in [0.1, 0.15) is 23.0 Å². The van der Waals surface area contributed by atoms with Crippen molar-refractivity contribution in [3.8, 4) is 0 Å². The molecule has 5 N–H and O–H groups in total. The number of anilines is 1. The fourth-order valence-electron chi connectivity index (χ4n) is 1.84. The Morgan fingerprint density at radius 1 is 1.33 bits per heavy atom. The van der Waals surface area contributed by atoms with E-state index >= 15 is 0 Å². The first-order chi connectivity index (χ1) is 8.70. The highest BCUT2D eigenvalue weighted by molar-refractivity contribution is 5.45. The lowest BCUT2D eigenvalue weighted by atomic mass is 10.0. The molecule has 0 saturated heterocycles. The SMILES string of the molecule is Cc1cccc(C(Cc2cnccc2N)NN)n1. The number of nitrogen functional groups attached to an aromatic ring is 1. The fraction of sp³-hybridized carbons (Fsp3) is 0.231. The molecule has 0 amide bonds. The topological polar surface area (TPSA) is 89.8 Å². The number of rotatable bonds is 4. The van der Waals surface area contributed by atoms with Gasteiger partial charge in [0.15, 0.2) is 0 Å². The summed E-state index contributed by atoms with van der Waals surface area (Å²) in [5.74, 6) is 5.60. The second kappa shape index (κ2) is 5.57. The molecule has 0 bridgehead atoms. The summed E-state index contributed by atoms with van der Waals surface area (Å²) in [7, 11) is 0. The minimum atomic E-state index is -0.0728. The molecule has 2 rings (SSSR count). The minimum absolute atomic E-state index is 0.0728. The molecule has 0 aromatic carbocycles. The number of nitrogens with zero attached hydrogens (tertiary/aromatic N) is 2. The summed E-state index contributed by atoms with van der Waals surface area (Å²) >= 11 is 0. The molecule has 5 heteroatoms. The van der Waals surface area contributed by atoms with Gasteiger partial charge in [-0.05, 0) is 37.1 Å². The van der Waals surface area contributed by atoms with Crippen molar-refractivity contribution in [2.24, 2.45) is 5.84 Å². The van der Waals surface area contributed by atoms with Gasteiger partial charge in [0, 0.05) is 23.8 Å². The molecule has 0 aliphatic carbocycles. The maximum atomic E-state index is 5.90. The number of nitrogens with one attached hydrogen (secondary N) is 1. The number of pyridine rings is 2. The van der Waals surface area contributed by atoms with Crippen LogP contribution in [0.5, 0.6) is 0 Å². The number of hydrazine groups is 1. The van der Waals surface area contributed by atoms with E-state index in [2.05, 4.69) is 15.4 Å². The van der Waals surface area contributed by atoms with E-state index in [4.69, 9.17) is 11.6 Å². The molecule has 94 valence electrons. The zero-order valence-corrected chi connectivity index (χ0v) is 10.3. The van der Waals surface area contributed by atoms with Gasteiger partial charge < -0.3 is 5.73 Å². The van der Waals surface area contributed by atoms with Crippen molar-refractivity contribution in [2.75, 3.05) is 5.73 Å². The highest BCUT2D eigenvalue weighted by Gasteiger charge is 2.13. The van der Waals surface area contributed by atoms with Gasteiger partial charge in [0.05, 0.1) is 11.7 Å². The van der Waals surface area contributed by atoms with Gasteiger partial charge in [0.25, 0.3) is 0 Å². The standard InChI is InChI=1S/C13H17N5/c1-9-3-2-4-12(17-9)13(18-15)7-10-8-16-6-5-11(10)14/h2-6,8,13,18H,7,15H2,1H3,(H2,14,16). The van der Waals surface area contributed by atoms with E-state index in [1.54, 1.807) is 18.5 Å². The predicted octanol–water partition coefficient (Wildman–Crippen LogP) is 1.11. The maximum Gasteiger partial charge on any atom is 0.0673 e. The van der Waals surface area contributed by atoms with E-state index < -0.39 is 0 Å². The van der Waals surface area contributed by atoms with E-state index in [1.807, 2.05) is 25.1 Å². The lowest BCUT2D eigenvalue weighted by molar-refractivity contribution is 0.537. The molecule has 0 aliphatic heterocycles. The fourth-order valence-corrected chi connectivity index (χ4v) is 1.84.